The van der Waals surface area contributed by atoms with Crippen LogP contribution >= 0.6 is 0 Å². The zero-order valence-corrected chi connectivity index (χ0v) is 11.4. The van der Waals surface area contributed by atoms with Crippen molar-refractivity contribution in [3.63, 3.8) is 0 Å². The van der Waals surface area contributed by atoms with Crippen molar-refractivity contribution >= 4 is 11.8 Å². The molecule has 5 nitrogen and oxygen atoms in total. The standard InChI is InChI=1S/C14H17FN2O3/c1-8-7-10(8)14(19)17-16-13(18)9(2)20-12-6-4-3-5-11(12)15/h3-6,8-10H,7H2,1-2H3,(H,16,18)(H,17,19). The second kappa shape index (κ2) is 5.90. The molecule has 0 heterocycles. The Balaban J connectivity index is 1.80. The van der Waals surface area contributed by atoms with Crippen LogP contribution in [0.15, 0.2) is 24.3 Å². The van der Waals surface area contributed by atoms with E-state index in [4.69, 9.17) is 4.74 Å². The van der Waals surface area contributed by atoms with Crippen molar-refractivity contribution in [2.45, 2.75) is 26.4 Å². The van der Waals surface area contributed by atoms with Gasteiger partial charge in [0.1, 0.15) is 0 Å². The minimum atomic E-state index is -0.913. The number of halogens is 1. The third-order valence-corrected chi connectivity index (χ3v) is 3.26. The van der Waals surface area contributed by atoms with Gasteiger partial charge in [-0.25, -0.2) is 4.39 Å². The van der Waals surface area contributed by atoms with Crippen LogP contribution in [0.5, 0.6) is 5.75 Å². The Bertz CT molecular complexity index is 521. The molecule has 1 fully saturated rings. The van der Waals surface area contributed by atoms with E-state index in [-0.39, 0.29) is 17.6 Å². The highest BCUT2D eigenvalue weighted by Gasteiger charge is 2.39. The summed E-state index contributed by atoms with van der Waals surface area (Å²) in [6, 6.07) is 5.82. The van der Waals surface area contributed by atoms with Crippen molar-refractivity contribution in [2.75, 3.05) is 0 Å². The summed E-state index contributed by atoms with van der Waals surface area (Å²) in [5, 5.41) is 0. The number of amides is 2. The van der Waals surface area contributed by atoms with Crippen LogP contribution in [0, 0.1) is 17.7 Å². The summed E-state index contributed by atoms with van der Waals surface area (Å²) in [6.07, 6.45) is -0.0768. The van der Waals surface area contributed by atoms with Crippen LogP contribution in [0.3, 0.4) is 0 Å². The van der Waals surface area contributed by atoms with E-state index in [2.05, 4.69) is 10.9 Å². The molecular formula is C14H17FN2O3. The topological polar surface area (TPSA) is 67.4 Å². The van der Waals surface area contributed by atoms with Crippen LogP contribution in [0.4, 0.5) is 4.39 Å². The zero-order chi connectivity index (χ0) is 14.7. The first-order chi connectivity index (χ1) is 9.49. The third-order valence-electron chi connectivity index (χ3n) is 3.26. The fraction of sp³-hybridized carbons (Fsp3) is 0.429. The van der Waals surface area contributed by atoms with Gasteiger partial charge in [-0.05, 0) is 31.4 Å². The summed E-state index contributed by atoms with van der Waals surface area (Å²) in [7, 11) is 0. The van der Waals surface area contributed by atoms with E-state index in [0.29, 0.717) is 5.92 Å². The third kappa shape index (κ3) is 3.46. The quantitative estimate of drug-likeness (QED) is 0.819. The second-order valence-corrected chi connectivity index (χ2v) is 4.99. The lowest BCUT2D eigenvalue weighted by Crippen LogP contribution is -2.47. The molecular weight excluding hydrogens is 263 g/mol. The molecule has 3 atom stereocenters. The van der Waals surface area contributed by atoms with E-state index < -0.39 is 17.8 Å². The number of benzene rings is 1. The molecule has 108 valence electrons. The molecule has 2 rings (SSSR count). The maximum absolute atomic E-state index is 13.4. The molecule has 1 aliphatic rings. The molecule has 3 unspecified atom stereocenters. The van der Waals surface area contributed by atoms with Crippen molar-refractivity contribution in [3.8, 4) is 5.75 Å². The summed E-state index contributed by atoms with van der Waals surface area (Å²) in [5.74, 6) is -0.948. The Kier molecular flexibility index (Phi) is 4.22. The van der Waals surface area contributed by atoms with Gasteiger partial charge in [-0.1, -0.05) is 19.1 Å². The van der Waals surface area contributed by atoms with Crippen molar-refractivity contribution in [1.82, 2.24) is 10.9 Å². The molecule has 0 bridgehead atoms. The van der Waals surface area contributed by atoms with Crippen molar-refractivity contribution in [3.05, 3.63) is 30.1 Å². The summed E-state index contributed by atoms with van der Waals surface area (Å²) in [4.78, 5) is 23.2. The molecule has 0 aromatic heterocycles. The summed E-state index contributed by atoms with van der Waals surface area (Å²) >= 11 is 0. The van der Waals surface area contributed by atoms with E-state index in [0.717, 1.165) is 6.42 Å². The average molecular weight is 280 g/mol. The van der Waals surface area contributed by atoms with Crippen LogP contribution in [0.2, 0.25) is 0 Å². The largest absolute Gasteiger partial charge is 0.478 e. The van der Waals surface area contributed by atoms with Crippen molar-refractivity contribution in [1.29, 1.82) is 0 Å². The maximum atomic E-state index is 13.4. The van der Waals surface area contributed by atoms with Crippen LogP contribution < -0.4 is 15.6 Å². The number of ether oxygens (including phenoxy) is 1. The molecule has 0 aliphatic heterocycles. The Morgan fingerprint density at radius 1 is 1.35 bits per heavy atom. The van der Waals surface area contributed by atoms with Gasteiger partial charge in [-0.3, -0.25) is 20.4 Å². The van der Waals surface area contributed by atoms with E-state index in [9.17, 15) is 14.0 Å². The molecule has 1 aromatic carbocycles. The zero-order valence-electron chi connectivity index (χ0n) is 11.4. The van der Waals surface area contributed by atoms with E-state index in [1.54, 1.807) is 6.07 Å². The van der Waals surface area contributed by atoms with Crippen LogP contribution in [-0.2, 0) is 9.59 Å². The molecule has 0 spiro atoms. The fourth-order valence-corrected chi connectivity index (χ4v) is 1.79. The molecule has 1 aromatic rings. The number of hydrogen-bond donors (Lipinski definition) is 2. The highest BCUT2D eigenvalue weighted by molar-refractivity contribution is 5.86. The highest BCUT2D eigenvalue weighted by Crippen LogP contribution is 2.37. The van der Waals surface area contributed by atoms with Gasteiger partial charge in [0.15, 0.2) is 17.7 Å². The van der Waals surface area contributed by atoms with Gasteiger partial charge in [-0.2, -0.15) is 0 Å². The predicted octanol–water partition coefficient (Wildman–Crippen LogP) is 1.40. The number of rotatable bonds is 4. The Morgan fingerprint density at radius 2 is 2.00 bits per heavy atom. The van der Waals surface area contributed by atoms with Crippen LogP contribution in [0.1, 0.15) is 20.3 Å². The summed E-state index contributed by atoms with van der Waals surface area (Å²) < 4.78 is 18.6. The fourth-order valence-electron chi connectivity index (χ4n) is 1.79. The smallest absolute Gasteiger partial charge is 0.279 e. The number of hydrazine groups is 1. The maximum Gasteiger partial charge on any atom is 0.279 e. The van der Waals surface area contributed by atoms with Gasteiger partial charge in [0.05, 0.1) is 0 Å². The van der Waals surface area contributed by atoms with Gasteiger partial charge in [0.25, 0.3) is 5.91 Å². The lowest BCUT2D eigenvalue weighted by Gasteiger charge is -2.15. The number of carbonyl (C=O) groups is 2. The van der Waals surface area contributed by atoms with Gasteiger partial charge in [0.2, 0.25) is 5.91 Å². The van der Waals surface area contributed by atoms with Gasteiger partial charge in [-0.15, -0.1) is 0 Å². The average Bonchev–Trinajstić information content (AvgIpc) is 3.15. The van der Waals surface area contributed by atoms with E-state index >= 15 is 0 Å². The van der Waals surface area contributed by atoms with Crippen LogP contribution in [-0.4, -0.2) is 17.9 Å². The predicted molar refractivity (Wildman–Crippen MR) is 70.0 cm³/mol. The molecule has 6 heteroatoms. The number of nitrogens with one attached hydrogen (secondary N) is 2. The second-order valence-electron chi connectivity index (χ2n) is 4.99. The normalized spacial score (nSPS) is 21.8. The lowest BCUT2D eigenvalue weighted by atomic mass is 10.3. The highest BCUT2D eigenvalue weighted by atomic mass is 19.1. The molecule has 20 heavy (non-hydrogen) atoms. The summed E-state index contributed by atoms with van der Waals surface area (Å²) in [5.41, 5.74) is 4.62. The summed E-state index contributed by atoms with van der Waals surface area (Å²) in [6.45, 7) is 3.45. The Labute approximate surface area is 116 Å². The number of para-hydroxylation sites is 1. The van der Waals surface area contributed by atoms with E-state index in [1.165, 1.54) is 25.1 Å². The molecule has 1 saturated carbocycles. The van der Waals surface area contributed by atoms with Gasteiger partial charge < -0.3 is 4.74 Å². The molecule has 1 aliphatic carbocycles. The molecule has 2 N–H and O–H groups in total. The van der Waals surface area contributed by atoms with Crippen molar-refractivity contribution < 1.29 is 18.7 Å². The minimum Gasteiger partial charge on any atom is -0.478 e. The first-order valence-corrected chi connectivity index (χ1v) is 6.50. The van der Waals surface area contributed by atoms with Gasteiger partial charge in [0, 0.05) is 5.92 Å². The Morgan fingerprint density at radius 3 is 2.60 bits per heavy atom. The molecule has 0 saturated heterocycles. The first-order valence-electron chi connectivity index (χ1n) is 6.50. The number of carbonyl (C=O) groups excluding carboxylic acids is 2. The first kappa shape index (κ1) is 14.3. The minimum absolute atomic E-state index is 0.00251. The van der Waals surface area contributed by atoms with Crippen molar-refractivity contribution in [2.24, 2.45) is 11.8 Å². The Hall–Kier alpha value is -2.11. The van der Waals surface area contributed by atoms with Crippen LogP contribution in [0.25, 0.3) is 0 Å². The monoisotopic (exact) mass is 280 g/mol. The molecule has 0 radical (unpaired) electrons. The lowest BCUT2D eigenvalue weighted by molar-refractivity contribution is -0.133. The van der Waals surface area contributed by atoms with Gasteiger partial charge >= 0.3 is 0 Å². The number of hydrogen-bond acceptors (Lipinski definition) is 3. The van der Waals surface area contributed by atoms with E-state index in [1.807, 2.05) is 6.92 Å². The molecule has 2 amide bonds. The SMILES string of the molecule is CC(Oc1ccccc1F)C(=O)NNC(=O)C1CC1C.